The van der Waals surface area contributed by atoms with Crippen molar-refractivity contribution in [1.82, 2.24) is 15.5 Å². The summed E-state index contributed by atoms with van der Waals surface area (Å²) in [6.07, 6.45) is 1.98. The third kappa shape index (κ3) is 3.81. The molecule has 0 bridgehead atoms. The molecule has 0 radical (unpaired) electrons. The number of aryl methyl sites for hydroxylation is 1. The van der Waals surface area contributed by atoms with Crippen LogP contribution in [0.1, 0.15) is 18.7 Å². The summed E-state index contributed by atoms with van der Waals surface area (Å²) in [5, 5.41) is 20.1. The van der Waals surface area contributed by atoms with Crippen LogP contribution in [0.2, 0.25) is 0 Å². The maximum absolute atomic E-state index is 9.09. The van der Waals surface area contributed by atoms with Crippen molar-refractivity contribution in [2.75, 3.05) is 12.9 Å². The predicted octanol–water partition coefficient (Wildman–Crippen LogP) is 0.580. The van der Waals surface area contributed by atoms with Gasteiger partial charge in [0.15, 0.2) is 0 Å². The van der Waals surface area contributed by atoms with Crippen LogP contribution in [0.5, 0.6) is 0 Å². The lowest BCUT2D eigenvalue weighted by molar-refractivity contribution is 0.273. The minimum atomic E-state index is 0.165. The highest BCUT2D eigenvalue weighted by atomic mass is 32.2. The van der Waals surface area contributed by atoms with Gasteiger partial charge in [-0.3, -0.25) is 0 Å². The molecule has 0 aliphatic heterocycles. The SMILES string of the molecule is CSC(CO)C(C)NCc1nnc(C)o1. The summed E-state index contributed by atoms with van der Waals surface area (Å²) in [6.45, 7) is 4.50. The quantitative estimate of drug-likeness (QED) is 0.746. The van der Waals surface area contributed by atoms with E-state index in [1.807, 2.05) is 13.2 Å². The van der Waals surface area contributed by atoms with Gasteiger partial charge in [-0.05, 0) is 13.2 Å². The number of hydrogen-bond donors (Lipinski definition) is 2. The fourth-order valence-corrected chi connectivity index (χ4v) is 1.88. The normalized spacial score (nSPS) is 15.2. The first kappa shape index (κ1) is 12.5. The van der Waals surface area contributed by atoms with Crippen molar-refractivity contribution >= 4 is 11.8 Å². The second-order valence-corrected chi connectivity index (χ2v) is 4.42. The van der Waals surface area contributed by atoms with Gasteiger partial charge in [0.05, 0.1) is 13.2 Å². The van der Waals surface area contributed by atoms with E-state index in [4.69, 9.17) is 9.52 Å². The van der Waals surface area contributed by atoms with Crippen LogP contribution in [0, 0.1) is 6.92 Å². The lowest BCUT2D eigenvalue weighted by atomic mass is 10.2. The van der Waals surface area contributed by atoms with Gasteiger partial charge < -0.3 is 14.8 Å². The van der Waals surface area contributed by atoms with Crippen molar-refractivity contribution in [2.45, 2.75) is 31.7 Å². The van der Waals surface area contributed by atoms with E-state index in [2.05, 4.69) is 15.5 Å². The summed E-state index contributed by atoms with van der Waals surface area (Å²) >= 11 is 1.64. The largest absolute Gasteiger partial charge is 0.424 e. The van der Waals surface area contributed by atoms with E-state index in [0.717, 1.165) is 0 Å². The van der Waals surface area contributed by atoms with Gasteiger partial charge in [0.1, 0.15) is 0 Å². The molecule has 0 fully saturated rings. The number of nitrogens with zero attached hydrogens (tertiary/aromatic N) is 2. The zero-order valence-electron chi connectivity index (χ0n) is 9.23. The van der Waals surface area contributed by atoms with Crippen molar-refractivity contribution in [2.24, 2.45) is 0 Å². The van der Waals surface area contributed by atoms with Gasteiger partial charge in [-0.2, -0.15) is 11.8 Å². The molecule has 5 nitrogen and oxygen atoms in total. The van der Waals surface area contributed by atoms with E-state index in [9.17, 15) is 0 Å². The van der Waals surface area contributed by atoms with Gasteiger partial charge in [0, 0.05) is 18.2 Å². The zero-order valence-corrected chi connectivity index (χ0v) is 10.0. The Bertz CT molecular complexity index is 289. The molecule has 1 aromatic rings. The minimum absolute atomic E-state index is 0.165. The Morgan fingerprint density at radius 2 is 2.27 bits per heavy atom. The van der Waals surface area contributed by atoms with Crippen LogP contribution >= 0.6 is 11.8 Å². The van der Waals surface area contributed by atoms with Crippen molar-refractivity contribution in [3.63, 3.8) is 0 Å². The Morgan fingerprint density at radius 3 is 2.73 bits per heavy atom. The van der Waals surface area contributed by atoms with Gasteiger partial charge in [-0.1, -0.05) is 0 Å². The van der Waals surface area contributed by atoms with Gasteiger partial charge in [0.25, 0.3) is 0 Å². The number of rotatable bonds is 6. The second kappa shape index (κ2) is 6.09. The van der Waals surface area contributed by atoms with Crippen LogP contribution in [0.15, 0.2) is 4.42 Å². The maximum atomic E-state index is 9.09. The molecule has 0 amide bonds. The van der Waals surface area contributed by atoms with Crippen LogP contribution < -0.4 is 5.32 Å². The summed E-state index contributed by atoms with van der Waals surface area (Å²) in [4.78, 5) is 0. The molecule has 1 heterocycles. The first-order valence-electron chi connectivity index (χ1n) is 4.83. The van der Waals surface area contributed by atoms with Crippen LogP contribution in [0.4, 0.5) is 0 Å². The summed E-state index contributed by atoms with van der Waals surface area (Å²) in [5.74, 6) is 1.15. The zero-order chi connectivity index (χ0) is 11.3. The fraction of sp³-hybridized carbons (Fsp3) is 0.778. The minimum Gasteiger partial charge on any atom is -0.424 e. The topological polar surface area (TPSA) is 71.2 Å². The summed E-state index contributed by atoms with van der Waals surface area (Å²) in [6, 6.07) is 0.206. The van der Waals surface area contributed by atoms with Crippen LogP contribution in [0.25, 0.3) is 0 Å². The van der Waals surface area contributed by atoms with Crippen molar-refractivity contribution in [3.05, 3.63) is 11.8 Å². The molecule has 2 atom stereocenters. The van der Waals surface area contributed by atoms with Gasteiger partial charge >= 0.3 is 0 Å². The Morgan fingerprint density at radius 1 is 1.53 bits per heavy atom. The second-order valence-electron chi connectivity index (χ2n) is 3.34. The van der Waals surface area contributed by atoms with Crippen LogP contribution in [-0.4, -0.2) is 39.5 Å². The average Bonchev–Trinajstić information content (AvgIpc) is 2.63. The summed E-state index contributed by atoms with van der Waals surface area (Å²) in [7, 11) is 0. The third-order valence-electron chi connectivity index (χ3n) is 2.18. The molecule has 2 N–H and O–H groups in total. The molecule has 0 saturated carbocycles. The van der Waals surface area contributed by atoms with E-state index in [1.54, 1.807) is 18.7 Å². The van der Waals surface area contributed by atoms with Gasteiger partial charge in [0.2, 0.25) is 11.8 Å². The van der Waals surface area contributed by atoms with E-state index in [0.29, 0.717) is 18.3 Å². The molecule has 0 aliphatic rings. The molecule has 0 spiro atoms. The number of thioether (sulfide) groups is 1. The third-order valence-corrected chi connectivity index (χ3v) is 3.35. The molecule has 1 aromatic heterocycles. The molecule has 15 heavy (non-hydrogen) atoms. The molecule has 1 rings (SSSR count). The van der Waals surface area contributed by atoms with Crippen molar-refractivity contribution in [3.8, 4) is 0 Å². The number of hydrogen-bond acceptors (Lipinski definition) is 6. The first-order valence-corrected chi connectivity index (χ1v) is 6.12. The van der Waals surface area contributed by atoms with Crippen molar-refractivity contribution in [1.29, 1.82) is 0 Å². The Balaban J connectivity index is 2.36. The highest BCUT2D eigenvalue weighted by molar-refractivity contribution is 7.99. The Labute approximate surface area is 93.7 Å². The molecule has 0 aliphatic carbocycles. The van der Waals surface area contributed by atoms with E-state index in [-0.39, 0.29) is 17.9 Å². The summed E-state index contributed by atoms with van der Waals surface area (Å²) < 4.78 is 5.23. The lowest BCUT2D eigenvalue weighted by Crippen LogP contribution is -2.37. The number of aliphatic hydroxyl groups excluding tert-OH is 1. The fourth-order valence-electron chi connectivity index (χ4n) is 1.23. The molecule has 0 saturated heterocycles. The standard InChI is InChI=1S/C9H17N3O2S/c1-6(8(5-13)15-3)10-4-9-12-11-7(2)14-9/h6,8,10,13H,4-5H2,1-3H3. The highest BCUT2D eigenvalue weighted by Gasteiger charge is 2.15. The number of aromatic nitrogens is 2. The van der Waals surface area contributed by atoms with Gasteiger partial charge in [-0.15, -0.1) is 10.2 Å². The van der Waals surface area contributed by atoms with E-state index in [1.165, 1.54) is 0 Å². The average molecular weight is 231 g/mol. The number of nitrogens with one attached hydrogen (secondary N) is 1. The van der Waals surface area contributed by atoms with Gasteiger partial charge in [-0.25, -0.2) is 0 Å². The molecule has 0 aromatic carbocycles. The molecule has 86 valence electrons. The smallest absolute Gasteiger partial charge is 0.230 e. The monoisotopic (exact) mass is 231 g/mol. The highest BCUT2D eigenvalue weighted by Crippen LogP contribution is 2.10. The van der Waals surface area contributed by atoms with E-state index < -0.39 is 0 Å². The molecular weight excluding hydrogens is 214 g/mol. The molecule has 2 unspecified atom stereocenters. The van der Waals surface area contributed by atoms with Crippen LogP contribution in [0.3, 0.4) is 0 Å². The van der Waals surface area contributed by atoms with Crippen LogP contribution in [-0.2, 0) is 6.54 Å². The maximum Gasteiger partial charge on any atom is 0.230 e. The first-order chi connectivity index (χ1) is 7.17. The summed E-state index contributed by atoms with van der Waals surface area (Å²) in [5.41, 5.74) is 0. The predicted molar refractivity (Wildman–Crippen MR) is 59.7 cm³/mol. The number of aliphatic hydroxyl groups is 1. The Hall–Kier alpha value is -0.590. The lowest BCUT2D eigenvalue weighted by Gasteiger charge is -2.20. The molecular formula is C9H17N3O2S. The molecule has 6 heteroatoms. The Kier molecular flexibility index (Phi) is 5.07. The van der Waals surface area contributed by atoms with Crippen molar-refractivity contribution < 1.29 is 9.52 Å². The van der Waals surface area contributed by atoms with E-state index >= 15 is 0 Å².